The summed E-state index contributed by atoms with van der Waals surface area (Å²) < 4.78 is 4.89. The minimum absolute atomic E-state index is 0.000127. The number of carbonyl (C=O) groups is 2. The molecule has 0 fully saturated rings. The second-order valence-corrected chi connectivity index (χ2v) is 5.12. The maximum atomic E-state index is 12.3. The van der Waals surface area contributed by atoms with E-state index < -0.39 is 0 Å². The second kappa shape index (κ2) is 7.89. The number of hydrogen-bond donors (Lipinski definition) is 0. The molecule has 0 saturated carbocycles. The summed E-state index contributed by atoms with van der Waals surface area (Å²) in [5, 5.41) is 0.927. The predicted octanol–water partition coefficient (Wildman–Crippen LogP) is 2.12. The fourth-order valence-electron chi connectivity index (χ4n) is 1.61. The highest BCUT2D eigenvalue weighted by molar-refractivity contribution is 7.13. The Morgan fingerprint density at radius 3 is 2.63 bits per heavy atom. The van der Waals surface area contributed by atoms with Crippen LogP contribution in [0, 0.1) is 0 Å². The van der Waals surface area contributed by atoms with Crippen molar-refractivity contribution < 1.29 is 14.3 Å². The van der Waals surface area contributed by atoms with Crippen LogP contribution in [0.2, 0.25) is 0 Å². The van der Waals surface area contributed by atoms with Crippen molar-refractivity contribution in [1.82, 2.24) is 9.88 Å². The average Bonchev–Trinajstić information content (AvgIpc) is 2.86. The molecule has 0 spiro atoms. The van der Waals surface area contributed by atoms with Crippen LogP contribution >= 0.6 is 11.3 Å². The number of nitrogens with zero attached hydrogens (tertiary/aromatic N) is 2. The van der Waals surface area contributed by atoms with Gasteiger partial charge in [-0.15, -0.1) is 11.3 Å². The summed E-state index contributed by atoms with van der Waals surface area (Å²) in [7, 11) is 0. The summed E-state index contributed by atoms with van der Waals surface area (Å²) in [5.41, 5.74) is 0. The van der Waals surface area contributed by atoms with E-state index in [-0.39, 0.29) is 18.4 Å². The molecule has 6 heteroatoms. The molecule has 0 N–H and O–H groups in total. The third kappa shape index (κ3) is 4.63. The Kier molecular flexibility index (Phi) is 6.49. The van der Waals surface area contributed by atoms with E-state index in [1.807, 2.05) is 13.8 Å². The van der Waals surface area contributed by atoms with Crippen LogP contribution in [0.4, 0.5) is 0 Å². The topological polar surface area (TPSA) is 59.5 Å². The van der Waals surface area contributed by atoms with Gasteiger partial charge in [0.15, 0.2) is 0 Å². The van der Waals surface area contributed by atoms with Crippen molar-refractivity contribution in [2.24, 2.45) is 0 Å². The first-order valence-corrected chi connectivity index (χ1v) is 7.33. The summed E-state index contributed by atoms with van der Waals surface area (Å²) in [6.07, 6.45) is 3.19. The van der Waals surface area contributed by atoms with E-state index in [4.69, 9.17) is 4.74 Å². The van der Waals surface area contributed by atoms with E-state index in [2.05, 4.69) is 4.98 Å². The van der Waals surface area contributed by atoms with Gasteiger partial charge < -0.3 is 9.64 Å². The van der Waals surface area contributed by atoms with Crippen molar-refractivity contribution in [3.8, 4) is 0 Å². The molecular weight excluding hydrogens is 264 g/mol. The molecule has 0 unspecified atom stereocenters. The lowest BCUT2D eigenvalue weighted by Crippen LogP contribution is -2.36. The molecule has 0 saturated heterocycles. The summed E-state index contributed by atoms with van der Waals surface area (Å²) in [5.74, 6) is -0.517. The summed E-state index contributed by atoms with van der Waals surface area (Å²) in [6.45, 7) is 6.58. The van der Waals surface area contributed by atoms with E-state index in [0.29, 0.717) is 18.0 Å². The van der Waals surface area contributed by atoms with Gasteiger partial charge in [0.1, 0.15) is 11.4 Å². The Hall–Kier alpha value is -1.43. The molecule has 1 rings (SSSR count). The molecule has 19 heavy (non-hydrogen) atoms. The minimum Gasteiger partial charge on any atom is -0.465 e. The Morgan fingerprint density at radius 2 is 2.11 bits per heavy atom. The number of esters is 1. The monoisotopic (exact) mass is 284 g/mol. The highest BCUT2D eigenvalue weighted by Gasteiger charge is 2.20. The first-order chi connectivity index (χ1) is 9.12. The van der Waals surface area contributed by atoms with E-state index in [0.717, 1.165) is 17.8 Å². The van der Waals surface area contributed by atoms with Crippen molar-refractivity contribution in [3.63, 3.8) is 0 Å². The van der Waals surface area contributed by atoms with Crippen molar-refractivity contribution in [1.29, 1.82) is 0 Å². The normalized spacial score (nSPS) is 10.3. The average molecular weight is 284 g/mol. The third-order valence-electron chi connectivity index (χ3n) is 2.47. The summed E-state index contributed by atoms with van der Waals surface area (Å²) >= 11 is 1.38. The van der Waals surface area contributed by atoms with Crippen LogP contribution < -0.4 is 0 Å². The number of rotatable bonds is 7. The molecule has 0 aromatic carbocycles. The SMILES string of the molecule is CCCN(CC(=O)OCC)C(=O)c1cnc(CC)s1. The highest BCUT2D eigenvalue weighted by Crippen LogP contribution is 2.16. The Balaban J connectivity index is 2.74. The molecule has 0 aliphatic rings. The van der Waals surface area contributed by atoms with Crippen LogP contribution in [0.25, 0.3) is 0 Å². The van der Waals surface area contributed by atoms with Gasteiger partial charge in [0, 0.05) is 6.54 Å². The molecular formula is C13H20N2O3S. The molecule has 0 aliphatic heterocycles. The maximum Gasteiger partial charge on any atom is 0.325 e. The maximum absolute atomic E-state index is 12.3. The van der Waals surface area contributed by atoms with E-state index in [9.17, 15) is 9.59 Å². The zero-order valence-electron chi connectivity index (χ0n) is 11.6. The van der Waals surface area contributed by atoms with Crippen molar-refractivity contribution in [2.45, 2.75) is 33.6 Å². The zero-order valence-corrected chi connectivity index (χ0v) is 12.5. The fourth-order valence-corrected chi connectivity index (χ4v) is 2.44. The molecule has 106 valence electrons. The van der Waals surface area contributed by atoms with E-state index in [1.54, 1.807) is 13.1 Å². The van der Waals surface area contributed by atoms with Crippen LogP contribution in [0.15, 0.2) is 6.20 Å². The van der Waals surface area contributed by atoms with Crippen molar-refractivity contribution >= 4 is 23.2 Å². The van der Waals surface area contributed by atoms with Gasteiger partial charge in [0.05, 0.1) is 17.8 Å². The van der Waals surface area contributed by atoms with Gasteiger partial charge in [0.25, 0.3) is 5.91 Å². The van der Waals surface area contributed by atoms with Crippen molar-refractivity contribution in [3.05, 3.63) is 16.1 Å². The van der Waals surface area contributed by atoms with Crippen LogP contribution in [0.3, 0.4) is 0 Å². The molecule has 0 atom stereocenters. The van der Waals surface area contributed by atoms with Gasteiger partial charge in [-0.3, -0.25) is 9.59 Å². The number of aromatic nitrogens is 1. The van der Waals surface area contributed by atoms with E-state index >= 15 is 0 Å². The quantitative estimate of drug-likeness (QED) is 0.720. The Labute approximate surface area is 117 Å². The lowest BCUT2D eigenvalue weighted by molar-refractivity contribution is -0.143. The Bertz CT molecular complexity index is 431. The fraction of sp³-hybridized carbons (Fsp3) is 0.615. The Morgan fingerprint density at radius 1 is 1.37 bits per heavy atom. The van der Waals surface area contributed by atoms with Gasteiger partial charge in [-0.1, -0.05) is 13.8 Å². The smallest absolute Gasteiger partial charge is 0.325 e. The highest BCUT2D eigenvalue weighted by atomic mass is 32.1. The predicted molar refractivity (Wildman–Crippen MR) is 74.3 cm³/mol. The largest absolute Gasteiger partial charge is 0.465 e. The molecule has 1 amide bonds. The number of thiazole rings is 1. The van der Waals surface area contributed by atoms with Gasteiger partial charge >= 0.3 is 5.97 Å². The van der Waals surface area contributed by atoms with Crippen LogP contribution in [-0.2, 0) is 16.0 Å². The summed E-state index contributed by atoms with van der Waals surface area (Å²) in [6, 6.07) is 0. The molecule has 0 aliphatic carbocycles. The van der Waals surface area contributed by atoms with Crippen molar-refractivity contribution in [2.75, 3.05) is 19.7 Å². The number of amides is 1. The second-order valence-electron chi connectivity index (χ2n) is 4.00. The number of carbonyl (C=O) groups excluding carboxylic acids is 2. The molecule has 5 nitrogen and oxygen atoms in total. The molecule has 0 bridgehead atoms. The molecule has 1 aromatic rings. The number of aryl methyl sites for hydroxylation is 1. The van der Waals surface area contributed by atoms with Crippen LogP contribution in [0.1, 0.15) is 41.9 Å². The lowest BCUT2D eigenvalue weighted by atomic mass is 10.3. The van der Waals surface area contributed by atoms with Gasteiger partial charge in [-0.25, -0.2) is 4.98 Å². The first kappa shape index (κ1) is 15.6. The van der Waals surface area contributed by atoms with Gasteiger partial charge in [0.2, 0.25) is 0 Å². The third-order valence-corrected chi connectivity index (χ3v) is 3.60. The zero-order chi connectivity index (χ0) is 14.3. The summed E-state index contributed by atoms with van der Waals surface area (Å²) in [4.78, 5) is 30.1. The number of hydrogen-bond acceptors (Lipinski definition) is 5. The van der Waals surface area contributed by atoms with Gasteiger partial charge in [-0.05, 0) is 19.8 Å². The van der Waals surface area contributed by atoms with Gasteiger partial charge in [-0.2, -0.15) is 0 Å². The molecule has 0 radical (unpaired) electrons. The lowest BCUT2D eigenvalue weighted by Gasteiger charge is -2.19. The minimum atomic E-state index is -0.371. The number of ether oxygens (including phenoxy) is 1. The van der Waals surface area contributed by atoms with E-state index in [1.165, 1.54) is 16.2 Å². The van der Waals surface area contributed by atoms with Crippen LogP contribution in [0.5, 0.6) is 0 Å². The molecule has 1 aromatic heterocycles. The molecule has 1 heterocycles. The standard InChI is InChI=1S/C13H20N2O3S/c1-4-7-15(9-12(16)18-6-3)13(17)10-8-14-11(5-2)19-10/h8H,4-7,9H2,1-3H3. The first-order valence-electron chi connectivity index (χ1n) is 6.51. The van der Waals surface area contributed by atoms with Crippen LogP contribution in [-0.4, -0.2) is 41.5 Å².